The van der Waals surface area contributed by atoms with Gasteiger partial charge in [0.25, 0.3) is 0 Å². The Balaban J connectivity index is 1.80. The highest BCUT2D eigenvalue weighted by Gasteiger charge is 2.20. The highest BCUT2D eigenvalue weighted by atomic mass is 15.2. The molecule has 0 radical (unpaired) electrons. The van der Waals surface area contributed by atoms with Gasteiger partial charge in [0.2, 0.25) is 0 Å². The van der Waals surface area contributed by atoms with Gasteiger partial charge in [-0.2, -0.15) is 0 Å². The lowest BCUT2D eigenvalue weighted by atomic mass is 10.1. The van der Waals surface area contributed by atoms with Crippen molar-refractivity contribution in [1.82, 2.24) is 15.2 Å². The summed E-state index contributed by atoms with van der Waals surface area (Å²) in [5.41, 5.74) is 3.56. The third-order valence-electron chi connectivity index (χ3n) is 4.24. The fraction of sp³-hybridized carbons (Fsp3) is 0.471. The predicted octanol–water partition coefficient (Wildman–Crippen LogP) is 2.73. The highest BCUT2D eigenvalue weighted by Crippen LogP contribution is 2.18. The number of aryl methyl sites for hydroxylation is 1. The summed E-state index contributed by atoms with van der Waals surface area (Å²) in [4.78, 5) is 7.14. The second kappa shape index (κ2) is 5.90. The Morgan fingerprint density at radius 2 is 2.20 bits per heavy atom. The number of pyridine rings is 1. The molecule has 1 aliphatic rings. The molecule has 2 aromatic rings. The predicted molar refractivity (Wildman–Crippen MR) is 83.8 cm³/mol. The molecule has 3 nitrogen and oxygen atoms in total. The van der Waals surface area contributed by atoms with E-state index in [-0.39, 0.29) is 0 Å². The van der Waals surface area contributed by atoms with Gasteiger partial charge in [0.1, 0.15) is 0 Å². The van der Waals surface area contributed by atoms with E-state index in [1.807, 2.05) is 6.92 Å². The van der Waals surface area contributed by atoms with E-state index in [0.29, 0.717) is 6.04 Å². The van der Waals surface area contributed by atoms with Crippen LogP contribution >= 0.6 is 0 Å². The second-order valence-electron chi connectivity index (χ2n) is 5.69. The minimum atomic E-state index is 0.687. The summed E-state index contributed by atoms with van der Waals surface area (Å²) in [5, 5.41) is 4.70. The van der Waals surface area contributed by atoms with Crippen molar-refractivity contribution in [1.29, 1.82) is 0 Å². The number of fused-ring (bicyclic) bond motifs is 1. The van der Waals surface area contributed by atoms with Gasteiger partial charge in [0.15, 0.2) is 0 Å². The Morgan fingerprint density at radius 3 is 2.95 bits per heavy atom. The SMILES string of the molecule is CCN(Cc1ccc2nc(C)ccc2c1)C1CCNC1. The topological polar surface area (TPSA) is 28.2 Å². The van der Waals surface area contributed by atoms with Crippen molar-refractivity contribution in [3.8, 4) is 0 Å². The lowest BCUT2D eigenvalue weighted by molar-refractivity contribution is 0.210. The standard InChI is InChI=1S/C17H23N3/c1-3-20(16-8-9-18-11-16)12-14-5-7-17-15(10-14)6-4-13(2)19-17/h4-7,10,16,18H,3,8-9,11-12H2,1-2H3. The Hall–Kier alpha value is -1.45. The van der Waals surface area contributed by atoms with Crippen molar-refractivity contribution in [3.63, 3.8) is 0 Å². The summed E-state index contributed by atoms with van der Waals surface area (Å²) in [6.07, 6.45) is 1.27. The van der Waals surface area contributed by atoms with E-state index in [1.165, 1.54) is 17.4 Å². The first-order valence-electron chi connectivity index (χ1n) is 7.57. The summed E-state index contributed by atoms with van der Waals surface area (Å²) in [6.45, 7) is 8.72. The third-order valence-corrected chi connectivity index (χ3v) is 4.24. The van der Waals surface area contributed by atoms with E-state index in [1.54, 1.807) is 0 Å². The number of nitrogens with zero attached hydrogens (tertiary/aromatic N) is 2. The van der Waals surface area contributed by atoms with E-state index in [0.717, 1.165) is 37.4 Å². The summed E-state index contributed by atoms with van der Waals surface area (Å²) < 4.78 is 0. The van der Waals surface area contributed by atoms with Crippen LogP contribution in [0.15, 0.2) is 30.3 Å². The number of hydrogen-bond acceptors (Lipinski definition) is 3. The second-order valence-corrected chi connectivity index (χ2v) is 5.69. The highest BCUT2D eigenvalue weighted by molar-refractivity contribution is 5.79. The Bertz CT molecular complexity index is 588. The number of nitrogens with one attached hydrogen (secondary N) is 1. The van der Waals surface area contributed by atoms with Crippen LogP contribution in [0.3, 0.4) is 0 Å². The molecule has 1 aromatic carbocycles. The molecule has 1 fully saturated rings. The van der Waals surface area contributed by atoms with Crippen molar-refractivity contribution in [2.75, 3.05) is 19.6 Å². The van der Waals surface area contributed by atoms with Gasteiger partial charge in [-0.15, -0.1) is 0 Å². The Labute approximate surface area is 121 Å². The van der Waals surface area contributed by atoms with E-state index in [4.69, 9.17) is 0 Å². The van der Waals surface area contributed by atoms with Crippen molar-refractivity contribution >= 4 is 10.9 Å². The lowest BCUT2D eigenvalue weighted by Crippen LogP contribution is -2.36. The fourth-order valence-electron chi connectivity index (χ4n) is 3.06. The molecule has 1 atom stereocenters. The zero-order valence-electron chi connectivity index (χ0n) is 12.4. The summed E-state index contributed by atoms with van der Waals surface area (Å²) >= 11 is 0. The van der Waals surface area contributed by atoms with E-state index < -0.39 is 0 Å². The van der Waals surface area contributed by atoms with Gasteiger partial charge in [-0.1, -0.05) is 19.1 Å². The third kappa shape index (κ3) is 2.84. The molecule has 0 amide bonds. The van der Waals surface area contributed by atoms with E-state index >= 15 is 0 Å². The van der Waals surface area contributed by atoms with Gasteiger partial charge in [0.05, 0.1) is 5.52 Å². The zero-order chi connectivity index (χ0) is 13.9. The molecule has 1 aliphatic heterocycles. The quantitative estimate of drug-likeness (QED) is 0.925. The number of rotatable bonds is 4. The van der Waals surface area contributed by atoms with Gasteiger partial charge in [-0.05, 0) is 50.2 Å². The molecule has 1 unspecified atom stereocenters. The van der Waals surface area contributed by atoms with Gasteiger partial charge in [0, 0.05) is 30.2 Å². The average Bonchev–Trinajstić information content (AvgIpc) is 2.99. The monoisotopic (exact) mass is 269 g/mol. The first kappa shape index (κ1) is 13.5. The minimum Gasteiger partial charge on any atom is -0.315 e. The van der Waals surface area contributed by atoms with Crippen LogP contribution < -0.4 is 5.32 Å². The van der Waals surface area contributed by atoms with Crippen LogP contribution in [0.2, 0.25) is 0 Å². The van der Waals surface area contributed by atoms with E-state index in [2.05, 4.69) is 52.5 Å². The van der Waals surface area contributed by atoms with Crippen LogP contribution in [0, 0.1) is 6.92 Å². The number of hydrogen-bond donors (Lipinski definition) is 1. The Morgan fingerprint density at radius 1 is 1.30 bits per heavy atom. The molecule has 0 bridgehead atoms. The van der Waals surface area contributed by atoms with Crippen LogP contribution in [0.5, 0.6) is 0 Å². The summed E-state index contributed by atoms with van der Waals surface area (Å²) in [7, 11) is 0. The molecule has 3 rings (SSSR count). The largest absolute Gasteiger partial charge is 0.315 e. The van der Waals surface area contributed by atoms with Crippen molar-refractivity contribution in [2.24, 2.45) is 0 Å². The van der Waals surface area contributed by atoms with Crippen molar-refractivity contribution in [2.45, 2.75) is 32.9 Å². The van der Waals surface area contributed by atoms with Crippen molar-refractivity contribution in [3.05, 3.63) is 41.6 Å². The molecule has 1 saturated heterocycles. The zero-order valence-corrected chi connectivity index (χ0v) is 12.4. The van der Waals surface area contributed by atoms with Gasteiger partial charge in [-0.3, -0.25) is 9.88 Å². The van der Waals surface area contributed by atoms with Crippen LogP contribution in [-0.4, -0.2) is 35.6 Å². The van der Waals surface area contributed by atoms with Crippen LogP contribution in [0.4, 0.5) is 0 Å². The minimum absolute atomic E-state index is 0.687. The van der Waals surface area contributed by atoms with E-state index in [9.17, 15) is 0 Å². The molecule has 1 N–H and O–H groups in total. The van der Waals surface area contributed by atoms with Crippen LogP contribution in [0.25, 0.3) is 10.9 Å². The smallest absolute Gasteiger partial charge is 0.0705 e. The molecule has 0 aliphatic carbocycles. The molecule has 20 heavy (non-hydrogen) atoms. The number of aromatic nitrogens is 1. The first-order valence-corrected chi connectivity index (χ1v) is 7.57. The fourth-order valence-corrected chi connectivity index (χ4v) is 3.06. The maximum absolute atomic E-state index is 4.57. The molecular weight excluding hydrogens is 246 g/mol. The maximum atomic E-state index is 4.57. The van der Waals surface area contributed by atoms with Gasteiger partial charge >= 0.3 is 0 Å². The van der Waals surface area contributed by atoms with Gasteiger partial charge in [-0.25, -0.2) is 0 Å². The molecule has 1 aromatic heterocycles. The maximum Gasteiger partial charge on any atom is 0.0705 e. The molecule has 2 heterocycles. The number of likely N-dealkylation sites (N-methyl/N-ethyl adjacent to an activating group) is 1. The Kier molecular flexibility index (Phi) is 3.99. The molecule has 106 valence electrons. The summed E-state index contributed by atoms with van der Waals surface area (Å²) in [6, 6.07) is 11.6. The molecule has 0 saturated carbocycles. The summed E-state index contributed by atoms with van der Waals surface area (Å²) in [5.74, 6) is 0. The molecule has 3 heteroatoms. The van der Waals surface area contributed by atoms with Crippen molar-refractivity contribution < 1.29 is 0 Å². The molecule has 0 spiro atoms. The number of benzene rings is 1. The lowest BCUT2D eigenvalue weighted by Gasteiger charge is -2.27. The average molecular weight is 269 g/mol. The molecular formula is C17H23N3. The van der Waals surface area contributed by atoms with Crippen LogP contribution in [-0.2, 0) is 6.54 Å². The van der Waals surface area contributed by atoms with Crippen LogP contribution in [0.1, 0.15) is 24.6 Å². The normalized spacial score (nSPS) is 19.1. The first-order chi connectivity index (χ1) is 9.76. The van der Waals surface area contributed by atoms with Gasteiger partial charge < -0.3 is 5.32 Å².